The number of nitrogens with zero attached hydrogens (tertiary/aromatic N) is 1. The number of aryl methyl sites for hydroxylation is 1. The molecular weight excluding hydrogens is 324 g/mol. The normalized spacial score (nSPS) is 11.6. The van der Waals surface area contributed by atoms with Crippen molar-refractivity contribution in [2.45, 2.75) is 58.6 Å². The Morgan fingerprint density at radius 3 is 2.58 bits per heavy atom. The van der Waals surface area contributed by atoms with Gasteiger partial charge in [0.15, 0.2) is 0 Å². The van der Waals surface area contributed by atoms with Gasteiger partial charge in [-0.05, 0) is 45.7 Å². The first-order valence-corrected chi connectivity index (χ1v) is 9.20. The number of rotatable bonds is 7. The van der Waals surface area contributed by atoms with Crippen molar-refractivity contribution < 1.29 is 9.53 Å². The number of nitrogens with one attached hydrogen (secondary N) is 1. The van der Waals surface area contributed by atoms with Gasteiger partial charge in [-0.2, -0.15) is 0 Å². The zero-order valence-electron chi connectivity index (χ0n) is 14.6. The smallest absolute Gasteiger partial charge is 0.407 e. The summed E-state index contributed by atoms with van der Waals surface area (Å²) in [6.45, 7) is 6.93. The van der Waals surface area contributed by atoms with Crippen LogP contribution in [0.2, 0.25) is 0 Å². The molecule has 0 radical (unpaired) electrons. The molecule has 6 heteroatoms. The van der Waals surface area contributed by atoms with Crippen LogP contribution in [0.15, 0.2) is 29.1 Å². The summed E-state index contributed by atoms with van der Waals surface area (Å²) >= 11 is 1.53. The van der Waals surface area contributed by atoms with E-state index in [1.807, 2.05) is 49.0 Å². The number of aromatic nitrogens is 1. The number of unbranched alkanes of at least 4 members (excludes halogenated alkanes) is 3. The summed E-state index contributed by atoms with van der Waals surface area (Å²) in [6, 6.07) is 7.73. The molecule has 0 aliphatic carbocycles. The van der Waals surface area contributed by atoms with Crippen molar-refractivity contribution >= 4 is 27.7 Å². The number of fused-ring (bicyclic) bond motifs is 1. The summed E-state index contributed by atoms with van der Waals surface area (Å²) in [5.74, 6) is 0. The summed E-state index contributed by atoms with van der Waals surface area (Å²) < 4.78 is 8.06. The first-order valence-electron chi connectivity index (χ1n) is 8.42. The second kappa shape index (κ2) is 8.33. The number of hydrogen-bond donors (Lipinski definition) is 1. The molecule has 1 aromatic heterocycles. The molecule has 2 rings (SSSR count). The van der Waals surface area contributed by atoms with Gasteiger partial charge in [0.1, 0.15) is 5.60 Å². The average Bonchev–Trinajstić information content (AvgIpc) is 2.81. The van der Waals surface area contributed by atoms with E-state index in [1.165, 1.54) is 11.5 Å². The van der Waals surface area contributed by atoms with Crippen molar-refractivity contribution in [3.05, 3.63) is 34.6 Å². The van der Waals surface area contributed by atoms with Crippen molar-refractivity contribution in [2.75, 3.05) is 6.54 Å². The zero-order chi connectivity index (χ0) is 17.6. The van der Waals surface area contributed by atoms with Gasteiger partial charge < -0.3 is 10.1 Å². The summed E-state index contributed by atoms with van der Waals surface area (Å²) in [5, 5.41) is 3.57. The maximum absolute atomic E-state index is 12.2. The van der Waals surface area contributed by atoms with E-state index >= 15 is 0 Å². The van der Waals surface area contributed by atoms with Crippen molar-refractivity contribution in [3.63, 3.8) is 0 Å². The summed E-state index contributed by atoms with van der Waals surface area (Å²) in [7, 11) is 0. The zero-order valence-corrected chi connectivity index (χ0v) is 15.4. The second-order valence-corrected chi connectivity index (χ2v) is 7.90. The largest absolute Gasteiger partial charge is 0.444 e. The van der Waals surface area contributed by atoms with Crippen molar-refractivity contribution in [3.8, 4) is 0 Å². The number of carbonyl (C=O) groups excluding carboxylic acids is 1. The molecule has 1 amide bonds. The lowest BCUT2D eigenvalue weighted by Crippen LogP contribution is -2.32. The molecule has 0 aliphatic rings. The molecule has 0 saturated carbocycles. The van der Waals surface area contributed by atoms with Gasteiger partial charge in [0.05, 0.1) is 10.1 Å². The SMILES string of the molecule is CC(C)(C)OC(=O)NCCCCCCn1sc2ccccc2c1=O. The highest BCUT2D eigenvalue weighted by atomic mass is 32.1. The van der Waals surface area contributed by atoms with Crippen LogP contribution in [0.5, 0.6) is 0 Å². The molecule has 24 heavy (non-hydrogen) atoms. The minimum absolute atomic E-state index is 0.113. The van der Waals surface area contributed by atoms with Crippen molar-refractivity contribution in [2.24, 2.45) is 0 Å². The fourth-order valence-corrected chi connectivity index (χ4v) is 3.44. The summed E-state index contributed by atoms with van der Waals surface area (Å²) in [4.78, 5) is 23.7. The molecule has 0 fully saturated rings. The van der Waals surface area contributed by atoms with E-state index < -0.39 is 5.60 Å². The third-order valence-corrected chi connectivity index (χ3v) is 4.63. The lowest BCUT2D eigenvalue weighted by molar-refractivity contribution is 0.0527. The number of hydrogen-bond acceptors (Lipinski definition) is 4. The highest BCUT2D eigenvalue weighted by Crippen LogP contribution is 2.16. The van der Waals surface area contributed by atoms with Gasteiger partial charge in [-0.1, -0.05) is 36.5 Å². The number of ether oxygens (including phenoxy) is 1. The third kappa shape index (κ3) is 5.67. The number of alkyl carbamates (subject to hydrolysis) is 1. The van der Waals surface area contributed by atoms with Gasteiger partial charge in [-0.25, -0.2) is 4.79 Å². The molecule has 1 heterocycles. The van der Waals surface area contributed by atoms with E-state index in [0.29, 0.717) is 6.54 Å². The Hall–Kier alpha value is -1.82. The van der Waals surface area contributed by atoms with E-state index in [2.05, 4.69) is 5.32 Å². The van der Waals surface area contributed by atoms with Crippen LogP contribution in [-0.2, 0) is 11.3 Å². The third-order valence-electron chi connectivity index (χ3n) is 3.51. The summed E-state index contributed by atoms with van der Waals surface area (Å²) in [6.07, 6.45) is 3.59. The fourth-order valence-electron chi connectivity index (χ4n) is 2.40. The molecule has 0 atom stereocenters. The Kier molecular flexibility index (Phi) is 6.43. The van der Waals surface area contributed by atoms with Gasteiger partial charge in [-0.3, -0.25) is 8.75 Å². The van der Waals surface area contributed by atoms with Crippen LogP contribution in [-0.4, -0.2) is 22.2 Å². The molecule has 2 aromatic rings. The topological polar surface area (TPSA) is 60.3 Å². The monoisotopic (exact) mass is 350 g/mol. The van der Waals surface area contributed by atoms with Crippen LogP contribution in [0, 0.1) is 0 Å². The van der Waals surface area contributed by atoms with E-state index in [1.54, 1.807) is 0 Å². The Morgan fingerprint density at radius 1 is 1.17 bits per heavy atom. The van der Waals surface area contributed by atoms with Crippen LogP contribution in [0.4, 0.5) is 4.79 Å². The van der Waals surface area contributed by atoms with Gasteiger partial charge in [-0.15, -0.1) is 0 Å². The quantitative estimate of drug-likeness (QED) is 0.763. The summed E-state index contributed by atoms with van der Waals surface area (Å²) in [5.41, 5.74) is -0.344. The highest BCUT2D eigenvalue weighted by molar-refractivity contribution is 7.13. The Labute approximate surface area is 146 Å². The van der Waals surface area contributed by atoms with Crippen molar-refractivity contribution in [1.82, 2.24) is 9.27 Å². The molecule has 0 saturated heterocycles. The van der Waals surface area contributed by atoms with E-state index in [-0.39, 0.29) is 11.7 Å². The molecule has 0 unspecified atom stereocenters. The number of carbonyl (C=O) groups is 1. The molecule has 0 bridgehead atoms. The second-order valence-electron chi connectivity index (χ2n) is 6.84. The lowest BCUT2D eigenvalue weighted by atomic mass is 10.2. The lowest BCUT2D eigenvalue weighted by Gasteiger charge is -2.19. The van der Waals surface area contributed by atoms with E-state index in [9.17, 15) is 9.59 Å². The Bertz CT molecular complexity index is 728. The minimum atomic E-state index is -0.457. The predicted molar refractivity (Wildman–Crippen MR) is 98.8 cm³/mol. The molecule has 1 N–H and O–H groups in total. The standard InChI is InChI=1S/C18H26N2O3S/c1-18(2,3)23-17(22)19-12-8-4-5-9-13-20-16(21)14-10-6-7-11-15(14)24-20/h6-7,10-11H,4-5,8-9,12-13H2,1-3H3,(H,19,22). The first kappa shape index (κ1) is 18.5. The van der Waals surface area contributed by atoms with Crippen LogP contribution in [0.1, 0.15) is 46.5 Å². The van der Waals surface area contributed by atoms with Crippen LogP contribution < -0.4 is 10.9 Å². The van der Waals surface area contributed by atoms with Gasteiger partial charge in [0, 0.05) is 13.1 Å². The molecular formula is C18H26N2O3S. The molecule has 0 aliphatic heterocycles. The molecule has 132 valence electrons. The Balaban J connectivity index is 1.62. The maximum atomic E-state index is 12.2. The van der Waals surface area contributed by atoms with Gasteiger partial charge in [0.25, 0.3) is 5.56 Å². The van der Waals surface area contributed by atoms with Crippen LogP contribution in [0.25, 0.3) is 10.1 Å². The maximum Gasteiger partial charge on any atom is 0.407 e. The minimum Gasteiger partial charge on any atom is -0.444 e. The molecule has 1 aromatic carbocycles. The van der Waals surface area contributed by atoms with E-state index in [4.69, 9.17) is 4.74 Å². The first-order chi connectivity index (χ1) is 11.4. The molecule has 0 spiro atoms. The highest BCUT2D eigenvalue weighted by Gasteiger charge is 2.15. The van der Waals surface area contributed by atoms with E-state index in [0.717, 1.165) is 42.3 Å². The van der Waals surface area contributed by atoms with Gasteiger partial charge in [0.2, 0.25) is 0 Å². The Morgan fingerprint density at radius 2 is 1.88 bits per heavy atom. The number of amides is 1. The fraction of sp³-hybridized carbons (Fsp3) is 0.556. The van der Waals surface area contributed by atoms with Crippen LogP contribution >= 0.6 is 11.5 Å². The average molecular weight is 350 g/mol. The predicted octanol–water partition coefficient (Wildman–Crippen LogP) is 4.15. The van der Waals surface area contributed by atoms with Gasteiger partial charge >= 0.3 is 6.09 Å². The molecule has 5 nitrogen and oxygen atoms in total. The van der Waals surface area contributed by atoms with Crippen LogP contribution in [0.3, 0.4) is 0 Å². The number of benzene rings is 1. The van der Waals surface area contributed by atoms with Crippen molar-refractivity contribution in [1.29, 1.82) is 0 Å².